The van der Waals surface area contributed by atoms with Gasteiger partial charge in [0.05, 0.1) is 17.7 Å². The Bertz CT molecular complexity index is 1000. The summed E-state index contributed by atoms with van der Waals surface area (Å²) >= 11 is 1.90. The molecule has 1 aliphatic rings. The quantitative estimate of drug-likeness (QED) is 0.644. The first kappa shape index (κ1) is 23.5. The zero-order valence-electron chi connectivity index (χ0n) is 18.3. The van der Waals surface area contributed by atoms with Gasteiger partial charge in [-0.2, -0.15) is 11.8 Å². The minimum absolute atomic E-state index is 0.0644. The molecule has 0 radical (unpaired) electrons. The van der Waals surface area contributed by atoms with Crippen LogP contribution in [0.1, 0.15) is 30.4 Å². The number of benzene rings is 2. The van der Waals surface area contributed by atoms with Crippen LogP contribution in [0.4, 0.5) is 5.69 Å². The van der Waals surface area contributed by atoms with Gasteiger partial charge < -0.3 is 10.1 Å². The summed E-state index contributed by atoms with van der Waals surface area (Å²) in [6.07, 6.45) is 2.01. The van der Waals surface area contributed by atoms with Gasteiger partial charge >= 0.3 is 0 Å². The Morgan fingerprint density at radius 3 is 2.39 bits per heavy atom. The Balaban J connectivity index is 1.83. The lowest BCUT2D eigenvalue weighted by molar-refractivity contribution is -0.121. The molecule has 3 rings (SSSR count). The van der Waals surface area contributed by atoms with E-state index in [1.54, 1.807) is 43.5 Å². The molecule has 2 aromatic carbocycles. The highest BCUT2D eigenvalue weighted by molar-refractivity contribution is 7.99. The van der Waals surface area contributed by atoms with Crippen LogP contribution in [-0.2, 0) is 14.8 Å². The van der Waals surface area contributed by atoms with Gasteiger partial charge in [-0.1, -0.05) is 6.07 Å². The highest BCUT2D eigenvalue weighted by Gasteiger charge is 2.26. The van der Waals surface area contributed by atoms with E-state index in [9.17, 15) is 13.2 Å². The van der Waals surface area contributed by atoms with E-state index in [-0.39, 0.29) is 29.8 Å². The summed E-state index contributed by atoms with van der Waals surface area (Å²) in [5.74, 6) is 2.61. The third kappa shape index (κ3) is 5.95. The molecule has 0 spiro atoms. The van der Waals surface area contributed by atoms with Crippen LogP contribution in [0.5, 0.6) is 5.75 Å². The first-order chi connectivity index (χ1) is 14.8. The molecule has 1 fully saturated rings. The van der Waals surface area contributed by atoms with Crippen molar-refractivity contribution in [3.8, 4) is 5.75 Å². The van der Waals surface area contributed by atoms with Crippen molar-refractivity contribution in [3.63, 3.8) is 0 Å². The standard InChI is InChI=1S/C23H30N2O4S2/c1-17-4-9-22(16-18(17)2)31(27,28)25(20-5-7-21(29-3)8-6-20)13-10-23(26)24-19-11-14-30-15-12-19/h4-9,16,19H,10-15H2,1-3H3,(H,24,26). The van der Waals surface area contributed by atoms with Gasteiger partial charge in [0.2, 0.25) is 5.91 Å². The molecule has 1 heterocycles. The third-order valence-corrected chi connectivity index (χ3v) is 8.43. The number of ether oxygens (including phenoxy) is 1. The molecule has 31 heavy (non-hydrogen) atoms. The van der Waals surface area contributed by atoms with Gasteiger partial charge in [0, 0.05) is 19.0 Å². The van der Waals surface area contributed by atoms with E-state index in [4.69, 9.17) is 4.74 Å². The van der Waals surface area contributed by atoms with Crippen LogP contribution in [0.15, 0.2) is 47.4 Å². The van der Waals surface area contributed by atoms with Crippen LogP contribution >= 0.6 is 11.8 Å². The molecule has 0 atom stereocenters. The number of nitrogens with zero attached hydrogens (tertiary/aromatic N) is 1. The van der Waals surface area contributed by atoms with Crippen molar-refractivity contribution in [2.75, 3.05) is 29.5 Å². The molecule has 6 nitrogen and oxygen atoms in total. The monoisotopic (exact) mass is 462 g/mol. The van der Waals surface area contributed by atoms with E-state index in [1.165, 1.54) is 4.31 Å². The first-order valence-corrected chi connectivity index (χ1v) is 13.0. The number of aryl methyl sites for hydroxylation is 2. The smallest absolute Gasteiger partial charge is 0.264 e. The fourth-order valence-corrected chi connectivity index (χ4v) is 6.14. The molecule has 1 amide bonds. The Labute approximate surface area is 189 Å². The van der Waals surface area contributed by atoms with E-state index in [0.717, 1.165) is 35.5 Å². The first-order valence-electron chi connectivity index (χ1n) is 10.4. The van der Waals surface area contributed by atoms with Crippen molar-refractivity contribution in [3.05, 3.63) is 53.6 Å². The van der Waals surface area contributed by atoms with Crippen molar-refractivity contribution >= 4 is 33.4 Å². The molecule has 1 saturated heterocycles. The Hall–Kier alpha value is -2.19. The second kappa shape index (κ2) is 10.4. The largest absolute Gasteiger partial charge is 0.497 e. The van der Waals surface area contributed by atoms with Gasteiger partial charge in [-0.25, -0.2) is 8.42 Å². The van der Waals surface area contributed by atoms with Gasteiger partial charge in [0.25, 0.3) is 10.0 Å². The Morgan fingerprint density at radius 1 is 1.10 bits per heavy atom. The molecule has 168 valence electrons. The summed E-state index contributed by atoms with van der Waals surface area (Å²) in [4.78, 5) is 12.8. The highest BCUT2D eigenvalue weighted by atomic mass is 32.2. The van der Waals surface area contributed by atoms with Crippen LogP contribution in [-0.4, -0.2) is 45.5 Å². The average Bonchev–Trinajstić information content (AvgIpc) is 2.76. The molecule has 2 aromatic rings. The molecule has 1 N–H and O–H groups in total. The molecule has 0 aliphatic carbocycles. The van der Waals surface area contributed by atoms with E-state index in [1.807, 2.05) is 31.7 Å². The lowest BCUT2D eigenvalue weighted by Gasteiger charge is -2.26. The molecular weight excluding hydrogens is 432 g/mol. The fourth-order valence-electron chi connectivity index (χ4n) is 3.48. The number of hydrogen-bond donors (Lipinski definition) is 1. The van der Waals surface area contributed by atoms with Crippen molar-refractivity contribution in [2.45, 2.75) is 44.0 Å². The van der Waals surface area contributed by atoms with Crippen LogP contribution in [0, 0.1) is 13.8 Å². The molecule has 0 unspecified atom stereocenters. The fraction of sp³-hybridized carbons (Fsp3) is 0.435. The molecule has 8 heteroatoms. The van der Waals surface area contributed by atoms with E-state index in [2.05, 4.69) is 5.32 Å². The Morgan fingerprint density at radius 2 is 1.77 bits per heavy atom. The number of nitrogens with one attached hydrogen (secondary N) is 1. The molecule has 0 saturated carbocycles. The zero-order chi connectivity index (χ0) is 22.4. The molecule has 0 bridgehead atoms. The zero-order valence-corrected chi connectivity index (χ0v) is 19.9. The van der Waals surface area contributed by atoms with Gasteiger partial charge in [-0.15, -0.1) is 0 Å². The lowest BCUT2D eigenvalue weighted by atomic mass is 10.1. The van der Waals surface area contributed by atoms with Crippen molar-refractivity contribution in [2.24, 2.45) is 0 Å². The minimum Gasteiger partial charge on any atom is -0.497 e. The summed E-state index contributed by atoms with van der Waals surface area (Å²) in [6, 6.07) is 12.1. The van der Waals surface area contributed by atoms with Crippen LogP contribution in [0.3, 0.4) is 0 Å². The lowest BCUT2D eigenvalue weighted by Crippen LogP contribution is -2.40. The third-order valence-electron chi connectivity index (χ3n) is 5.56. The Kier molecular flexibility index (Phi) is 7.89. The van der Waals surface area contributed by atoms with Gasteiger partial charge in [0.15, 0.2) is 0 Å². The molecular formula is C23H30N2O4S2. The number of thioether (sulfide) groups is 1. The maximum Gasteiger partial charge on any atom is 0.264 e. The topological polar surface area (TPSA) is 75.7 Å². The highest BCUT2D eigenvalue weighted by Crippen LogP contribution is 2.27. The van der Waals surface area contributed by atoms with E-state index < -0.39 is 10.0 Å². The number of rotatable bonds is 8. The number of carbonyl (C=O) groups is 1. The maximum absolute atomic E-state index is 13.5. The van der Waals surface area contributed by atoms with Crippen LogP contribution in [0.2, 0.25) is 0 Å². The predicted octanol–water partition coefficient (Wildman–Crippen LogP) is 3.91. The second-order valence-corrected chi connectivity index (χ2v) is 10.8. The van der Waals surface area contributed by atoms with Gasteiger partial charge in [-0.05, 0) is 85.7 Å². The number of amides is 1. The maximum atomic E-state index is 13.5. The van der Waals surface area contributed by atoms with Crippen LogP contribution in [0.25, 0.3) is 0 Å². The number of sulfonamides is 1. The van der Waals surface area contributed by atoms with E-state index >= 15 is 0 Å². The summed E-state index contributed by atoms with van der Waals surface area (Å²) in [7, 11) is -2.27. The van der Waals surface area contributed by atoms with Crippen molar-refractivity contribution in [1.29, 1.82) is 0 Å². The predicted molar refractivity (Wildman–Crippen MR) is 127 cm³/mol. The number of anilines is 1. The van der Waals surface area contributed by atoms with Crippen molar-refractivity contribution in [1.82, 2.24) is 5.32 Å². The number of methoxy groups -OCH3 is 1. The van der Waals surface area contributed by atoms with E-state index in [0.29, 0.717) is 11.4 Å². The SMILES string of the molecule is COc1ccc(N(CCC(=O)NC2CCSCC2)S(=O)(=O)c2ccc(C)c(C)c2)cc1. The summed E-state index contributed by atoms with van der Waals surface area (Å²) < 4.78 is 33.5. The van der Waals surface area contributed by atoms with Crippen molar-refractivity contribution < 1.29 is 17.9 Å². The normalized spacial score (nSPS) is 14.8. The summed E-state index contributed by atoms with van der Waals surface area (Å²) in [5, 5.41) is 3.06. The second-order valence-electron chi connectivity index (χ2n) is 7.73. The average molecular weight is 463 g/mol. The minimum atomic E-state index is -3.83. The summed E-state index contributed by atoms with van der Waals surface area (Å²) in [5.41, 5.74) is 2.43. The van der Waals surface area contributed by atoms with Gasteiger partial charge in [0.1, 0.15) is 5.75 Å². The number of hydrogen-bond acceptors (Lipinski definition) is 5. The molecule has 1 aliphatic heterocycles. The number of carbonyl (C=O) groups excluding carboxylic acids is 1. The molecule has 0 aromatic heterocycles. The van der Waals surface area contributed by atoms with Gasteiger partial charge in [-0.3, -0.25) is 9.10 Å². The van der Waals surface area contributed by atoms with Crippen LogP contribution < -0.4 is 14.4 Å². The summed E-state index contributed by atoms with van der Waals surface area (Å²) in [6.45, 7) is 3.90.